The molecule has 1 fully saturated rings. The van der Waals surface area contributed by atoms with Gasteiger partial charge in [-0.1, -0.05) is 11.2 Å². The zero-order valence-corrected chi connectivity index (χ0v) is 18.8. The van der Waals surface area contributed by atoms with Gasteiger partial charge in [0.1, 0.15) is 6.42 Å². The highest BCUT2D eigenvalue weighted by molar-refractivity contribution is 5.69. The lowest BCUT2D eigenvalue weighted by molar-refractivity contribution is 0.0272. The topological polar surface area (TPSA) is 116 Å². The van der Waals surface area contributed by atoms with Gasteiger partial charge in [-0.2, -0.15) is 5.26 Å². The fourth-order valence-electron chi connectivity index (χ4n) is 3.86. The first kappa shape index (κ1) is 22.6. The van der Waals surface area contributed by atoms with Crippen LogP contribution >= 0.6 is 0 Å². The minimum Gasteiger partial charge on any atom is -0.447 e. The summed E-state index contributed by atoms with van der Waals surface area (Å²) in [5, 5.41) is 23.2. The number of benzene rings is 1. The number of nitriles is 1. The number of hydrogen-bond donors (Lipinski definition) is 2. The molecule has 1 aliphatic rings. The van der Waals surface area contributed by atoms with Gasteiger partial charge in [-0.25, -0.2) is 4.79 Å². The Labute approximate surface area is 182 Å². The summed E-state index contributed by atoms with van der Waals surface area (Å²) in [6.45, 7) is 11.9. The number of carbonyl (C=O) groups excluding carboxylic acids is 1. The molecule has 9 heteroatoms. The third-order valence-electron chi connectivity index (χ3n) is 5.40. The molecule has 0 unspecified atom stereocenters. The lowest BCUT2D eigenvalue weighted by Crippen LogP contribution is -2.62. The lowest BCUT2D eigenvalue weighted by atomic mass is 9.86. The minimum atomic E-state index is -0.426. The molecule has 2 heterocycles. The molecule has 1 aromatic carbocycles. The van der Waals surface area contributed by atoms with Gasteiger partial charge in [0.05, 0.1) is 17.7 Å². The number of amides is 1. The molecule has 1 aromatic heterocycles. The molecule has 0 saturated carbocycles. The van der Waals surface area contributed by atoms with E-state index in [9.17, 15) is 4.79 Å². The van der Waals surface area contributed by atoms with Crippen molar-refractivity contribution < 1.29 is 13.9 Å². The molecular formula is C22H30N6O3. The maximum Gasteiger partial charge on any atom is 0.410 e. The molecule has 2 aromatic rings. The van der Waals surface area contributed by atoms with Gasteiger partial charge in [0.2, 0.25) is 5.89 Å². The molecule has 3 rings (SSSR count). The Balaban J connectivity index is 1.86. The average Bonchev–Trinajstić information content (AvgIpc) is 3.12. The van der Waals surface area contributed by atoms with Gasteiger partial charge in [0, 0.05) is 25.3 Å². The van der Waals surface area contributed by atoms with Crippen LogP contribution in [0.25, 0.3) is 0 Å². The molecule has 1 aliphatic heterocycles. The molecule has 2 N–H and O–H groups in total. The van der Waals surface area contributed by atoms with Gasteiger partial charge in [0.15, 0.2) is 0 Å². The van der Waals surface area contributed by atoms with Crippen LogP contribution in [0.1, 0.15) is 43.4 Å². The second kappa shape index (κ2) is 9.35. The summed E-state index contributed by atoms with van der Waals surface area (Å²) in [5.74, 6) is 0.274. The number of carbonyl (C=O) groups is 1. The van der Waals surface area contributed by atoms with Crippen molar-refractivity contribution in [1.29, 1.82) is 5.26 Å². The predicted octanol–water partition coefficient (Wildman–Crippen LogP) is 3.25. The quantitative estimate of drug-likeness (QED) is 0.723. The standard InChI is InChI=1S/C22H30N6O3/c1-14(2)30-21(29)28-9-8-24-13-22(28,5)12-17-10-15(3)11-18(16(17)4)25-20-27-26-19(31-20)6-7-23/h10-11,14,24H,6,8-9,12-13H2,1-5H3,(H,25,27)/t22-/m0/s1. The maximum atomic E-state index is 12.7. The van der Waals surface area contributed by atoms with E-state index in [4.69, 9.17) is 14.4 Å². The van der Waals surface area contributed by atoms with E-state index in [1.54, 1.807) is 0 Å². The molecule has 1 atom stereocenters. The second-order valence-electron chi connectivity index (χ2n) is 8.49. The lowest BCUT2D eigenvalue weighted by Gasteiger charge is -2.45. The fourth-order valence-corrected chi connectivity index (χ4v) is 3.86. The largest absolute Gasteiger partial charge is 0.447 e. The van der Waals surface area contributed by atoms with E-state index in [1.165, 1.54) is 0 Å². The second-order valence-corrected chi connectivity index (χ2v) is 8.49. The number of anilines is 2. The number of nitrogens with zero attached hydrogens (tertiary/aromatic N) is 4. The normalized spacial score (nSPS) is 18.7. The fraction of sp³-hybridized carbons (Fsp3) is 0.545. The Hall–Kier alpha value is -3.12. The molecular weight excluding hydrogens is 396 g/mol. The Morgan fingerprint density at radius 2 is 2.19 bits per heavy atom. The molecule has 0 aliphatic carbocycles. The van der Waals surface area contributed by atoms with Crippen molar-refractivity contribution >= 4 is 17.8 Å². The summed E-state index contributed by atoms with van der Waals surface area (Å²) in [7, 11) is 0. The zero-order valence-electron chi connectivity index (χ0n) is 18.8. The van der Waals surface area contributed by atoms with Gasteiger partial charge in [-0.3, -0.25) is 4.90 Å². The summed E-state index contributed by atoms with van der Waals surface area (Å²) >= 11 is 0. The zero-order chi connectivity index (χ0) is 22.6. The Kier molecular flexibility index (Phi) is 6.81. The number of ether oxygens (including phenoxy) is 1. The van der Waals surface area contributed by atoms with E-state index in [0.717, 1.165) is 28.9 Å². The molecule has 1 saturated heterocycles. The number of piperazine rings is 1. The van der Waals surface area contributed by atoms with E-state index in [1.807, 2.05) is 44.7 Å². The van der Waals surface area contributed by atoms with Crippen molar-refractivity contribution in [1.82, 2.24) is 20.4 Å². The van der Waals surface area contributed by atoms with Crippen LogP contribution in [-0.4, -0.2) is 52.5 Å². The van der Waals surface area contributed by atoms with Gasteiger partial charge >= 0.3 is 12.1 Å². The van der Waals surface area contributed by atoms with E-state index in [0.29, 0.717) is 19.5 Å². The van der Waals surface area contributed by atoms with Gasteiger partial charge < -0.3 is 19.8 Å². The number of aromatic nitrogens is 2. The third kappa shape index (κ3) is 5.33. The highest BCUT2D eigenvalue weighted by Crippen LogP contribution is 2.30. The van der Waals surface area contributed by atoms with Gasteiger partial charge in [-0.15, -0.1) is 5.10 Å². The van der Waals surface area contributed by atoms with Crippen LogP contribution in [0, 0.1) is 25.2 Å². The molecule has 0 spiro atoms. The molecule has 9 nitrogen and oxygen atoms in total. The van der Waals surface area contributed by atoms with Gasteiger partial charge in [-0.05, 0) is 63.8 Å². The van der Waals surface area contributed by atoms with Crippen molar-refractivity contribution in [3.8, 4) is 6.07 Å². The van der Waals surface area contributed by atoms with E-state index in [-0.39, 0.29) is 30.5 Å². The average molecular weight is 427 g/mol. The monoisotopic (exact) mass is 426 g/mol. The summed E-state index contributed by atoms with van der Waals surface area (Å²) < 4.78 is 11.0. The highest BCUT2D eigenvalue weighted by Gasteiger charge is 2.39. The Morgan fingerprint density at radius 1 is 1.42 bits per heavy atom. The first-order valence-corrected chi connectivity index (χ1v) is 10.5. The van der Waals surface area contributed by atoms with Crippen molar-refractivity contribution in [3.05, 3.63) is 34.7 Å². The first-order valence-electron chi connectivity index (χ1n) is 10.5. The molecule has 0 radical (unpaired) electrons. The highest BCUT2D eigenvalue weighted by atomic mass is 16.6. The van der Waals surface area contributed by atoms with Crippen LogP contribution in [0.5, 0.6) is 0 Å². The van der Waals surface area contributed by atoms with Crippen LogP contribution < -0.4 is 10.6 Å². The van der Waals surface area contributed by atoms with E-state index >= 15 is 0 Å². The summed E-state index contributed by atoms with van der Waals surface area (Å²) in [6.07, 6.45) is 0.293. The van der Waals surface area contributed by atoms with Crippen LogP contribution in [-0.2, 0) is 17.6 Å². The summed E-state index contributed by atoms with van der Waals surface area (Å²) in [6, 6.07) is 6.39. The Bertz CT molecular complexity index is 980. The number of aryl methyl sites for hydroxylation is 1. The van der Waals surface area contributed by atoms with E-state index in [2.05, 4.69) is 33.8 Å². The number of nitrogens with one attached hydrogen (secondary N) is 2. The molecule has 31 heavy (non-hydrogen) atoms. The summed E-state index contributed by atoms with van der Waals surface area (Å²) in [5.41, 5.74) is 3.65. The number of rotatable bonds is 6. The number of hydrogen-bond acceptors (Lipinski definition) is 8. The van der Waals surface area contributed by atoms with Crippen LogP contribution in [0.4, 0.5) is 16.5 Å². The van der Waals surface area contributed by atoms with Crippen LogP contribution in [0.15, 0.2) is 16.5 Å². The minimum absolute atomic E-state index is 0.0698. The van der Waals surface area contributed by atoms with Crippen molar-refractivity contribution in [2.45, 2.75) is 59.1 Å². The molecule has 166 valence electrons. The Morgan fingerprint density at radius 3 is 2.90 bits per heavy atom. The van der Waals surface area contributed by atoms with Gasteiger partial charge in [0.25, 0.3) is 0 Å². The predicted molar refractivity (Wildman–Crippen MR) is 116 cm³/mol. The third-order valence-corrected chi connectivity index (χ3v) is 5.40. The van der Waals surface area contributed by atoms with E-state index < -0.39 is 5.54 Å². The summed E-state index contributed by atoms with van der Waals surface area (Å²) in [4.78, 5) is 14.6. The SMILES string of the molecule is Cc1cc(C[C@@]2(C)CNCCN2C(=O)OC(C)C)c(C)c(Nc2nnc(CC#N)o2)c1. The van der Waals surface area contributed by atoms with Crippen LogP contribution in [0.3, 0.4) is 0 Å². The van der Waals surface area contributed by atoms with Crippen molar-refractivity contribution in [3.63, 3.8) is 0 Å². The molecule has 0 bridgehead atoms. The maximum absolute atomic E-state index is 12.7. The van der Waals surface area contributed by atoms with Crippen LogP contribution in [0.2, 0.25) is 0 Å². The molecule has 1 amide bonds. The van der Waals surface area contributed by atoms with Crippen molar-refractivity contribution in [2.75, 3.05) is 25.0 Å². The van der Waals surface area contributed by atoms with Crippen molar-refractivity contribution in [2.24, 2.45) is 0 Å². The first-order chi connectivity index (χ1) is 14.7. The smallest absolute Gasteiger partial charge is 0.410 e.